The summed E-state index contributed by atoms with van der Waals surface area (Å²) in [5.41, 5.74) is 22.4. The number of hydrogen-bond acceptors (Lipinski definition) is 2. The maximum atomic E-state index is 5.54. The van der Waals surface area contributed by atoms with E-state index in [-0.39, 0.29) is 10.8 Å². The van der Waals surface area contributed by atoms with Gasteiger partial charge in [0.15, 0.2) is 5.82 Å². The van der Waals surface area contributed by atoms with Gasteiger partial charge in [-0.1, -0.05) is 210 Å². The second-order valence-corrected chi connectivity index (χ2v) is 18.5. The summed E-state index contributed by atoms with van der Waals surface area (Å²) in [7, 11) is 0. The molecule has 12 rings (SSSR count). The molecule has 1 aromatic heterocycles. The van der Waals surface area contributed by atoms with Crippen LogP contribution >= 0.6 is 0 Å². The van der Waals surface area contributed by atoms with E-state index in [2.05, 4.69) is 234 Å². The van der Waals surface area contributed by atoms with Crippen LogP contribution in [0.5, 0.6) is 0 Å². The van der Waals surface area contributed by atoms with E-state index in [4.69, 9.17) is 9.97 Å². The van der Waals surface area contributed by atoms with E-state index in [0.717, 1.165) is 38.9 Å². The van der Waals surface area contributed by atoms with Crippen molar-refractivity contribution in [1.29, 1.82) is 0 Å². The van der Waals surface area contributed by atoms with Crippen molar-refractivity contribution in [2.24, 2.45) is 0 Å². The van der Waals surface area contributed by atoms with Gasteiger partial charge in [-0.2, -0.15) is 0 Å². The Morgan fingerprint density at radius 2 is 0.719 bits per heavy atom. The molecule has 0 fully saturated rings. The third-order valence-electron chi connectivity index (χ3n) is 14.1. The Morgan fingerprint density at radius 3 is 1.34 bits per heavy atom. The molecule has 9 aromatic carbocycles. The standard InChI is InChI=1S/C62H46N2/c1-61(2)54-29-12-10-22-49(54)51-26-15-24-47(58(51)61)43-35-44(48-25-16-27-52-50-23-11-13-30-55(50)62(3,4)59(48)52)37-45(36-43)57-38-56(42-33-31-40(32-34-42)39-17-6-5-7-18-39)63-60(64-57)53-28-14-20-41-19-8-9-21-46(41)53/h5-38H,1-4H3. The van der Waals surface area contributed by atoms with Gasteiger partial charge in [-0.05, 0) is 113 Å². The number of fused-ring (bicyclic) bond motifs is 7. The molecular formula is C62H46N2. The molecule has 2 aliphatic carbocycles. The Bertz CT molecular complexity index is 3350. The van der Waals surface area contributed by atoms with Crippen molar-refractivity contribution in [2.75, 3.05) is 0 Å². The third kappa shape index (κ3) is 5.93. The summed E-state index contributed by atoms with van der Waals surface area (Å²) >= 11 is 0. The van der Waals surface area contributed by atoms with Crippen LogP contribution < -0.4 is 0 Å². The topological polar surface area (TPSA) is 25.8 Å². The normalized spacial score (nSPS) is 13.9. The van der Waals surface area contributed by atoms with E-state index >= 15 is 0 Å². The van der Waals surface area contributed by atoms with Gasteiger partial charge in [0.2, 0.25) is 0 Å². The molecule has 1 heterocycles. The quantitative estimate of drug-likeness (QED) is 0.167. The molecule has 2 aliphatic rings. The van der Waals surface area contributed by atoms with Crippen LogP contribution in [0.15, 0.2) is 206 Å². The van der Waals surface area contributed by atoms with Crippen molar-refractivity contribution in [3.8, 4) is 89.5 Å². The zero-order chi connectivity index (χ0) is 43.2. The van der Waals surface area contributed by atoms with Gasteiger partial charge in [0.25, 0.3) is 0 Å². The van der Waals surface area contributed by atoms with Gasteiger partial charge in [-0.25, -0.2) is 9.97 Å². The van der Waals surface area contributed by atoms with Gasteiger partial charge in [0.1, 0.15) is 0 Å². The van der Waals surface area contributed by atoms with Crippen LogP contribution in [-0.4, -0.2) is 9.97 Å². The number of benzene rings is 9. The number of nitrogens with zero attached hydrogens (tertiary/aromatic N) is 2. The minimum Gasteiger partial charge on any atom is -0.228 e. The zero-order valence-electron chi connectivity index (χ0n) is 36.5. The molecule has 0 saturated carbocycles. The first kappa shape index (κ1) is 38.0. The number of hydrogen-bond donors (Lipinski definition) is 0. The molecule has 0 N–H and O–H groups in total. The summed E-state index contributed by atoms with van der Waals surface area (Å²) in [6.45, 7) is 9.52. The maximum Gasteiger partial charge on any atom is 0.161 e. The Kier molecular flexibility index (Phi) is 8.58. The van der Waals surface area contributed by atoms with Crippen LogP contribution in [0.3, 0.4) is 0 Å². The fourth-order valence-electron chi connectivity index (χ4n) is 11.0. The Labute approximate surface area is 375 Å². The lowest BCUT2D eigenvalue weighted by Crippen LogP contribution is -2.16. The summed E-state index contributed by atoms with van der Waals surface area (Å²) in [6.07, 6.45) is 0. The molecule has 2 nitrogen and oxygen atoms in total. The molecular weight excluding hydrogens is 773 g/mol. The van der Waals surface area contributed by atoms with Crippen molar-refractivity contribution < 1.29 is 0 Å². The molecule has 0 saturated heterocycles. The predicted octanol–water partition coefficient (Wildman–Crippen LogP) is 16.2. The summed E-state index contributed by atoms with van der Waals surface area (Å²) in [6, 6.07) is 75.3. The number of aromatic nitrogens is 2. The van der Waals surface area contributed by atoms with E-state index in [1.54, 1.807) is 0 Å². The Balaban J connectivity index is 1.12. The van der Waals surface area contributed by atoms with E-state index in [9.17, 15) is 0 Å². The lowest BCUT2D eigenvalue weighted by atomic mass is 9.77. The minimum atomic E-state index is -0.189. The van der Waals surface area contributed by atoms with Crippen molar-refractivity contribution >= 4 is 10.8 Å². The minimum absolute atomic E-state index is 0.189. The van der Waals surface area contributed by atoms with Gasteiger partial charge in [0, 0.05) is 27.5 Å². The molecule has 304 valence electrons. The second kappa shape index (κ2) is 14.4. The molecule has 64 heavy (non-hydrogen) atoms. The van der Waals surface area contributed by atoms with Gasteiger partial charge in [0.05, 0.1) is 11.4 Å². The monoisotopic (exact) mass is 818 g/mol. The van der Waals surface area contributed by atoms with Crippen molar-refractivity contribution in [3.05, 3.63) is 229 Å². The summed E-state index contributed by atoms with van der Waals surface area (Å²) in [5.74, 6) is 0.706. The molecule has 10 aromatic rings. The van der Waals surface area contributed by atoms with E-state index < -0.39 is 0 Å². The summed E-state index contributed by atoms with van der Waals surface area (Å²) in [4.78, 5) is 10.9. The van der Waals surface area contributed by atoms with Gasteiger partial charge >= 0.3 is 0 Å². The van der Waals surface area contributed by atoms with Gasteiger partial charge in [-0.3, -0.25) is 0 Å². The largest absolute Gasteiger partial charge is 0.228 e. The Morgan fingerprint density at radius 1 is 0.297 bits per heavy atom. The fraction of sp³-hybridized carbons (Fsp3) is 0.0968. The smallest absolute Gasteiger partial charge is 0.161 e. The maximum absolute atomic E-state index is 5.54. The van der Waals surface area contributed by atoms with E-state index in [1.807, 2.05) is 0 Å². The zero-order valence-corrected chi connectivity index (χ0v) is 36.5. The van der Waals surface area contributed by atoms with Gasteiger partial charge < -0.3 is 0 Å². The molecule has 0 amide bonds. The SMILES string of the molecule is CC1(C)c2ccccc2-c2cccc(-c3cc(-c4cc(-c5ccc(-c6ccccc6)cc5)nc(-c5cccc6ccccc56)n4)cc(-c4cccc5c4C(C)(C)c4ccccc4-5)c3)c21. The third-order valence-corrected chi connectivity index (χ3v) is 14.1. The first-order chi connectivity index (χ1) is 31.2. The van der Waals surface area contributed by atoms with Crippen molar-refractivity contribution in [1.82, 2.24) is 9.97 Å². The molecule has 0 radical (unpaired) electrons. The van der Waals surface area contributed by atoms with Crippen LogP contribution in [0.25, 0.3) is 100 Å². The van der Waals surface area contributed by atoms with Crippen molar-refractivity contribution in [3.63, 3.8) is 0 Å². The highest BCUT2D eigenvalue weighted by Gasteiger charge is 2.39. The predicted molar refractivity (Wildman–Crippen MR) is 267 cm³/mol. The highest BCUT2D eigenvalue weighted by Crippen LogP contribution is 2.55. The molecule has 0 aliphatic heterocycles. The number of rotatable bonds is 6. The van der Waals surface area contributed by atoms with Crippen LogP contribution in [0, 0.1) is 0 Å². The van der Waals surface area contributed by atoms with Crippen molar-refractivity contribution in [2.45, 2.75) is 38.5 Å². The highest BCUT2D eigenvalue weighted by atomic mass is 14.9. The van der Waals surface area contributed by atoms with Gasteiger partial charge in [-0.15, -0.1) is 0 Å². The fourth-order valence-corrected chi connectivity index (χ4v) is 11.0. The second-order valence-electron chi connectivity index (χ2n) is 18.5. The lowest BCUT2D eigenvalue weighted by Gasteiger charge is -2.26. The molecule has 0 spiro atoms. The first-order valence-corrected chi connectivity index (χ1v) is 22.4. The molecule has 0 bridgehead atoms. The van der Waals surface area contributed by atoms with Crippen LogP contribution in [0.1, 0.15) is 49.9 Å². The summed E-state index contributed by atoms with van der Waals surface area (Å²) < 4.78 is 0. The average molecular weight is 819 g/mol. The van der Waals surface area contributed by atoms with E-state index in [0.29, 0.717) is 5.82 Å². The molecule has 0 atom stereocenters. The summed E-state index contributed by atoms with van der Waals surface area (Å²) in [5, 5.41) is 2.29. The highest BCUT2D eigenvalue weighted by molar-refractivity contribution is 5.97. The van der Waals surface area contributed by atoms with Crippen LogP contribution in [0.2, 0.25) is 0 Å². The van der Waals surface area contributed by atoms with Crippen LogP contribution in [-0.2, 0) is 10.8 Å². The molecule has 0 unspecified atom stereocenters. The first-order valence-electron chi connectivity index (χ1n) is 22.4. The average Bonchev–Trinajstić information content (AvgIpc) is 3.73. The van der Waals surface area contributed by atoms with E-state index in [1.165, 1.54) is 77.9 Å². The Hall–Kier alpha value is -7.68. The van der Waals surface area contributed by atoms with Crippen LogP contribution in [0.4, 0.5) is 0 Å². The lowest BCUT2D eigenvalue weighted by molar-refractivity contribution is 0.662. The molecule has 2 heteroatoms.